The van der Waals surface area contributed by atoms with Crippen molar-refractivity contribution in [2.45, 2.75) is 52.1 Å². The highest BCUT2D eigenvalue weighted by molar-refractivity contribution is 8.93. The lowest BCUT2D eigenvalue weighted by molar-refractivity contribution is 0.371. The molecule has 70 valence electrons. The Bertz CT molecular complexity index is 89.6. The zero-order valence-electron chi connectivity index (χ0n) is 8.18. The Hall–Kier alpha value is 0.910. The fourth-order valence-corrected chi connectivity index (χ4v) is 1.59. The van der Waals surface area contributed by atoms with E-state index in [1.165, 1.54) is 19.3 Å². The molecule has 0 aliphatic heterocycles. The van der Waals surface area contributed by atoms with Crippen LogP contribution in [0, 0.1) is 5.92 Å². The van der Waals surface area contributed by atoms with Gasteiger partial charge in [-0.2, -0.15) is 0 Å². The Kier molecular flexibility index (Phi) is 8.44. The van der Waals surface area contributed by atoms with Crippen molar-refractivity contribution >= 4 is 26.2 Å². The molecule has 11 heavy (non-hydrogen) atoms. The number of rotatable bonds is 4. The first-order valence-electron chi connectivity index (χ1n) is 4.39. The van der Waals surface area contributed by atoms with E-state index in [0.717, 1.165) is 5.92 Å². The normalized spacial score (nSPS) is 13.9. The van der Waals surface area contributed by atoms with Crippen LogP contribution in [-0.2, 0) is 0 Å². The van der Waals surface area contributed by atoms with Crippen LogP contribution in [0.3, 0.4) is 0 Å². The third kappa shape index (κ3) is 3.90. The topological polar surface area (TPSA) is 0 Å². The van der Waals surface area contributed by atoms with E-state index >= 15 is 0 Å². The molecule has 2 unspecified atom stereocenters. The maximum Gasteiger partial charge on any atom is -0.0130 e. The van der Waals surface area contributed by atoms with Crippen molar-refractivity contribution in [3.05, 3.63) is 0 Å². The van der Waals surface area contributed by atoms with E-state index in [2.05, 4.69) is 36.9 Å². The van der Waals surface area contributed by atoms with Crippen molar-refractivity contribution in [3.63, 3.8) is 0 Å². The second kappa shape index (κ2) is 6.43. The molecule has 0 amide bonds. The molecule has 0 rings (SSSR count). The van der Waals surface area contributed by atoms with Gasteiger partial charge in [-0.1, -0.05) is 34.1 Å². The molecule has 0 aliphatic rings. The van der Waals surface area contributed by atoms with E-state index in [-0.39, 0.29) is 17.0 Å². The van der Waals surface area contributed by atoms with Gasteiger partial charge >= 0.3 is 0 Å². The van der Waals surface area contributed by atoms with Gasteiger partial charge in [0.2, 0.25) is 0 Å². The van der Waals surface area contributed by atoms with Crippen LogP contribution in [0.4, 0.5) is 0 Å². The molecular weight excluding hydrogens is 219 g/mol. The Balaban J connectivity index is 0. The highest BCUT2D eigenvalue weighted by atomic mass is 79.9. The SMILES string of the molecule is Br.CCC(C)C(P)(CC)CC. The highest BCUT2D eigenvalue weighted by Crippen LogP contribution is 2.36. The summed E-state index contributed by atoms with van der Waals surface area (Å²) in [4.78, 5) is 0. The summed E-state index contributed by atoms with van der Waals surface area (Å²) >= 11 is 0. The molecule has 0 saturated heterocycles. The Labute approximate surface area is 84.5 Å². The summed E-state index contributed by atoms with van der Waals surface area (Å²) in [6.07, 6.45) is 3.86. The van der Waals surface area contributed by atoms with Gasteiger partial charge in [0.1, 0.15) is 0 Å². The summed E-state index contributed by atoms with van der Waals surface area (Å²) in [6, 6.07) is 0. The predicted octanol–water partition coefficient (Wildman–Crippen LogP) is 4.04. The minimum absolute atomic E-state index is 0. The molecule has 0 fully saturated rings. The minimum Gasteiger partial charge on any atom is -0.131 e. The average molecular weight is 241 g/mol. The minimum atomic E-state index is 0. The van der Waals surface area contributed by atoms with E-state index in [4.69, 9.17) is 0 Å². The summed E-state index contributed by atoms with van der Waals surface area (Å²) in [6.45, 7) is 9.18. The van der Waals surface area contributed by atoms with Crippen molar-refractivity contribution < 1.29 is 0 Å². The highest BCUT2D eigenvalue weighted by Gasteiger charge is 2.25. The van der Waals surface area contributed by atoms with Gasteiger partial charge in [0.05, 0.1) is 0 Å². The molecule has 0 spiro atoms. The quantitative estimate of drug-likeness (QED) is 0.651. The lowest BCUT2D eigenvalue weighted by Crippen LogP contribution is -2.27. The van der Waals surface area contributed by atoms with Crippen LogP contribution in [0.25, 0.3) is 0 Å². The molecule has 0 aromatic heterocycles. The average Bonchev–Trinajstić information content (AvgIpc) is 2.01. The largest absolute Gasteiger partial charge is 0.131 e. The van der Waals surface area contributed by atoms with Gasteiger partial charge in [-0.25, -0.2) is 0 Å². The first-order valence-corrected chi connectivity index (χ1v) is 4.97. The van der Waals surface area contributed by atoms with Crippen LogP contribution in [0.15, 0.2) is 0 Å². The number of hydrogen-bond acceptors (Lipinski definition) is 0. The van der Waals surface area contributed by atoms with Crippen molar-refractivity contribution in [1.29, 1.82) is 0 Å². The monoisotopic (exact) mass is 240 g/mol. The second-order valence-corrected chi connectivity index (χ2v) is 4.40. The van der Waals surface area contributed by atoms with Crippen LogP contribution in [0.1, 0.15) is 47.0 Å². The van der Waals surface area contributed by atoms with Gasteiger partial charge in [-0.3, -0.25) is 0 Å². The first-order chi connectivity index (χ1) is 4.60. The maximum atomic E-state index is 3.03. The van der Waals surface area contributed by atoms with Crippen LogP contribution in [-0.4, -0.2) is 5.16 Å². The van der Waals surface area contributed by atoms with Crippen molar-refractivity contribution in [2.24, 2.45) is 5.92 Å². The Morgan fingerprint density at radius 2 is 1.55 bits per heavy atom. The molecule has 0 heterocycles. The molecule has 0 nitrogen and oxygen atoms in total. The van der Waals surface area contributed by atoms with Gasteiger partial charge in [0.25, 0.3) is 0 Å². The number of halogens is 1. The Morgan fingerprint density at radius 1 is 1.18 bits per heavy atom. The fourth-order valence-electron chi connectivity index (χ4n) is 1.35. The van der Waals surface area contributed by atoms with E-state index in [1.54, 1.807) is 0 Å². The van der Waals surface area contributed by atoms with E-state index in [1.807, 2.05) is 0 Å². The zero-order valence-corrected chi connectivity index (χ0v) is 11.1. The summed E-state index contributed by atoms with van der Waals surface area (Å²) in [5.74, 6) is 0.840. The summed E-state index contributed by atoms with van der Waals surface area (Å²) in [5, 5.41) is 0.509. The molecule has 0 aromatic rings. The lowest BCUT2D eigenvalue weighted by Gasteiger charge is -2.32. The van der Waals surface area contributed by atoms with Crippen LogP contribution >= 0.6 is 26.2 Å². The van der Waals surface area contributed by atoms with Crippen LogP contribution < -0.4 is 0 Å². The van der Waals surface area contributed by atoms with Crippen molar-refractivity contribution in [1.82, 2.24) is 0 Å². The van der Waals surface area contributed by atoms with Crippen LogP contribution in [0.2, 0.25) is 0 Å². The molecule has 0 saturated carbocycles. The predicted molar refractivity (Wildman–Crippen MR) is 62.8 cm³/mol. The molecular formula is C9H22BrP. The maximum absolute atomic E-state index is 3.03. The summed E-state index contributed by atoms with van der Waals surface area (Å²) in [5.41, 5.74) is 0. The van der Waals surface area contributed by atoms with Gasteiger partial charge in [-0.15, -0.1) is 26.2 Å². The number of hydrogen-bond donors (Lipinski definition) is 0. The third-order valence-electron chi connectivity index (χ3n) is 2.91. The van der Waals surface area contributed by atoms with Crippen molar-refractivity contribution in [3.8, 4) is 0 Å². The van der Waals surface area contributed by atoms with Crippen molar-refractivity contribution in [2.75, 3.05) is 0 Å². The molecule has 0 bridgehead atoms. The van der Waals surface area contributed by atoms with Gasteiger partial charge in [-0.05, 0) is 23.9 Å². The van der Waals surface area contributed by atoms with E-state index < -0.39 is 0 Å². The first kappa shape index (κ1) is 14.4. The summed E-state index contributed by atoms with van der Waals surface area (Å²) < 4.78 is 0. The van der Waals surface area contributed by atoms with Gasteiger partial charge in [0.15, 0.2) is 0 Å². The lowest BCUT2D eigenvalue weighted by atomic mass is 9.86. The molecule has 2 heteroatoms. The summed E-state index contributed by atoms with van der Waals surface area (Å²) in [7, 11) is 3.03. The molecule has 0 aliphatic carbocycles. The fraction of sp³-hybridized carbons (Fsp3) is 1.00. The standard InChI is InChI=1S/C9H21P.BrH/c1-5-8(4)9(10,6-2)7-3;/h8H,5-7,10H2,1-4H3;1H. The molecule has 2 atom stereocenters. The zero-order chi connectivity index (χ0) is 8.20. The Morgan fingerprint density at radius 3 is 1.64 bits per heavy atom. The van der Waals surface area contributed by atoms with Gasteiger partial charge < -0.3 is 0 Å². The third-order valence-corrected chi connectivity index (χ3v) is 4.30. The van der Waals surface area contributed by atoms with E-state index in [9.17, 15) is 0 Å². The second-order valence-electron chi connectivity index (χ2n) is 3.25. The molecule has 0 N–H and O–H groups in total. The van der Waals surface area contributed by atoms with Gasteiger partial charge in [0, 0.05) is 0 Å². The smallest absolute Gasteiger partial charge is 0.0130 e. The molecule has 0 aromatic carbocycles. The van der Waals surface area contributed by atoms with E-state index in [0.29, 0.717) is 5.16 Å². The molecule has 0 radical (unpaired) electrons. The van der Waals surface area contributed by atoms with Crippen LogP contribution in [0.5, 0.6) is 0 Å².